The van der Waals surface area contributed by atoms with Gasteiger partial charge >= 0.3 is 0 Å². The molecule has 128 valence electrons. The van der Waals surface area contributed by atoms with Gasteiger partial charge in [-0.05, 0) is 62.9 Å². The minimum atomic E-state index is 0.193. The molecule has 1 saturated carbocycles. The monoisotopic (exact) mass is 319 g/mol. The molecule has 0 amide bonds. The summed E-state index contributed by atoms with van der Waals surface area (Å²) in [4.78, 5) is 2.65. The number of phenols is 1. The van der Waals surface area contributed by atoms with Crippen molar-refractivity contribution in [3.05, 3.63) is 23.8 Å². The molecule has 1 N–H and O–H groups in total. The van der Waals surface area contributed by atoms with E-state index in [2.05, 4.69) is 4.90 Å². The molecule has 0 aromatic heterocycles. The first-order chi connectivity index (χ1) is 11.3. The van der Waals surface area contributed by atoms with Gasteiger partial charge in [0, 0.05) is 6.04 Å². The number of rotatable bonds is 6. The maximum absolute atomic E-state index is 9.66. The third kappa shape index (κ3) is 4.18. The highest BCUT2D eigenvalue weighted by atomic mass is 16.5. The third-order valence-corrected chi connectivity index (χ3v) is 5.24. The van der Waals surface area contributed by atoms with Crippen LogP contribution in [0.3, 0.4) is 0 Å². The smallest absolute Gasteiger partial charge is 0.160 e. The normalized spacial score (nSPS) is 25.6. The number of phenolic OH excluding ortho intramolecular Hbond substituents is 1. The van der Waals surface area contributed by atoms with Gasteiger partial charge in [0.15, 0.2) is 11.5 Å². The molecule has 3 rings (SSSR count). The van der Waals surface area contributed by atoms with Crippen molar-refractivity contribution in [1.82, 2.24) is 4.90 Å². The minimum Gasteiger partial charge on any atom is -0.504 e. The molecule has 1 aromatic carbocycles. The van der Waals surface area contributed by atoms with Crippen molar-refractivity contribution in [3.8, 4) is 11.5 Å². The van der Waals surface area contributed by atoms with Gasteiger partial charge in [-0.2, -0.15) is 0 Å². The van der Waals surface area contributed by atoms with Crippen LogP contribution in [0.25, 0.3) is 0 Å². The van der Waals surface area contributed by atoms with Crippen LogP contribution in [-0.4, -0.2) is 49.0 Å². The zero-order valence-electron chi connectivity index (χ0n) is 14.2. The predicted octanol–water partition coefficient (Wildman–Crippen LogP) is 3.37. The number of ether oxygens (including phenoxy) is 2. The van der Waals surface area contributed by atoms with Gasteiger partial charge in [0.25, 0.3) is 0 Å². The SMILES string of the molecule is COc1cc(CCO[C@H]2CCCC[C@@H]2N2CCCC2)ccc1O. The fourth-order valence-electron chi connectivity index (χ4n) is 3.97. The Morgan fingerprint density at radius 2 is 1.91 bits per heavy atom. The molecule has 0 radical (unpaired) electrons. The van der Waals surface area contributed by atoms with Crippen LogP contribution < -0.4 is 4.74 Å². The lowest BCUT2D eigenvalue weighted by atomic mass is 9.91. The van der Waals surface area contributed by atoms with Gasteiger partial charge in [0.1, 0.15) is 0 Å². The molecule has 1 aromatic rings. The van der Waals surface area contributed by atoms with Crippen molar-refractivity contribution in [2.75, 3.05) is 26.8 Å². The highest BCUT2D eigenvalue weighted by Crippen LogP contribution is 2.29. The Bertz CT molecular complexity index is 499. The van der Waals surface area contributed by atoms with E-state index < -0.39 is 0 Å². The van der Waals surface area contributed by atoms with Crippen LogP contribution in [-0.2, 0) is 11.2 Å². The first kappa shape index (κ1) is 16.6. The zero-order valence-corrected chi connectivity index (χ0v) is 14.2. The third-order valence-electron chi connectivity index (χ3n) is 5.24. The Kier molecular flexibility index (Phi) is 5.79. The van der Waals surface area contributed by atoms with Gasteiger partial charge in [-0.15, -0.1) is 0 Å². The van der Waals surface area contributed by atoms with Gasteiger partial charge in [-0.1, -0.05) is 18.9 Å². The number of likely N-dealkylation sites (tertiary alicyclic amines) is 1. The van der Waals surface area contributed by atoms with Gasteiger partial charge in [0.05, 0.1) is 19.8 Å². The lowest BCUT2D eigenvalue weighted by Crippen LogP contribution is -2.45. The molecule has 0 spiro atoms. The number of aromatic hydroxyl groups is 1. The van der Waals surface area contributed by atoms with Crippen LogP contribution in [0.5, 0.6) is 11.5 Å². The zero-order chi connectivity index (χ0) is 16.1. The standard InChI is InChI=1S/C19H29NO3/c1-22-19-14-15(8-9-17(19)21)10-13-23-18-7-3-2-6-16(18)20-11-4-5-12-20/h8-9,14,16,18,21H,2-7,10-13H2,1H3/t16-,18-/m0/s1. The second-order valence-corrected chi connectivity index (χ2v) is 6.76. The van der Waals surface area contributed by atoms with E-state index in [1.165, 1.54) is 51.6 Å². The minimum absolute atomic E-state index is 0.193. The average Bonchev–Trinajstić information content (AvgIpc) is 3.11. The largest absolute Gasteiger partial charge is 0.504 e. The van der Waals surface area contributed by atoms with Crippen molar-refractivity contribution >= 4 is 0 Å². The van der Waals surface area contributed by atoms with E-state index >= 15 is 0 Å². The summed E-state index contributed by atoms with van der Waals surface area (Å²) in [5, 5.41) is 9.66. The van der Waals surface area contributed by atoms with Gasteiger partial charge < -0.3 is 14.6 Å². The van der Waals surface area contributed by atoms with Crippen molar-refractivity contribution in [2.24, 2.45) is 0 Å². The topological polar surface area (TPSA) is 41.9 Å². The maximum atomic E-state index is 9.66. The van der Waals surface area contributed by atoms with Crippen LogP contribution >= 0.6 is 0 Å². The molecule has 1 aliphatic carbocycles. The van der Waals surface area contributed by atoms with Crippen LogP contribution in [0.2, 0.25) is 0 Å². The van der Waals surface area contributed by atoms with Crippen molar-refractivity contribution < 1.29 is 14.6 Å². The molecule has 4 heteroatoms. The van der Waals surface area contributed by atoms with E-state index in [9.17, 15) is 5.11 Å². The Morgan fingerprint density at radius 1 is 1.13 bits per heavy atom. The number of methoxy groups -OCH3 is 1. The van der Waals surface area contributed by atoms with E-state index in [1.54, 1.807) is 13.2 Å². The second kappa shape index (κ2) is 8.02. The van der Waals surface area contributed by atoms with Crippen LogP contribution in [0.4, 0.5) is 0 Å². The number of hydrogen-bond donors (Lipinski definition) is 1. The van der Waals surface area contributed by atoms with Crippen molar-refractivity contribution in [1.29, 1.82) is 0 Å². The molecule has 1 saturated heterocycles. The summed E-state index contributed by atoms with van der Waals surface area (Å²) in [6.45, 7) is 3.24. The fourth-order valence-corrected chi connectivity index (χ4v) is 3.97. The lowest BCUT2D eigenvalue weighted by Gasteiger charge is -2.37. The lowest BCUT2D eigenvalue weighted by molar-refractivity contribution is -0.0290. The summed E-state index contributed by atoms with van der Waals surface area (Å²) in [5.41, 5.74) is 1.15. The molecule has 2 aliphatic rings. The molecule has 0 bridgehead atoms. The molecule has 1 aliphatic heterocycles. The van der Waals surface area contributed by atoms with Crippen molar-refractivity contribution in [3.63, 3.8) is 0 Å². The highest BCUT2D eigenvalue weighted by molar-refractivity contribution is 5.41. The predicted molar refractivity (Wildman–Crippen MR) is 91.2 cm³/mol. The Balaban J connectivity index is 1.52. The van der Waals surface area contributed by atoms with Gasteiger partial charge in [-0.3, -0.25) is 4.90 Å². The van der Waals surface area contributed by atoms with E-state index in [-0.39, 0.29) is 5.75 Å². The quantitative estimate of drug-likeness (QED) is 0.873. The van der Waals surface area contributed by atoms with E-state index in [4.69, 9.17) is 9.47 Å². The maximum Gasteiger partial charge on any atom is 0.160 e. The first-order valence-electron chi connectivity index (χ1n) is 8.99. The molecular weight excluding hydrogens is 290 g/mol. The molecule has 4 nitrogen and oxygen atoms in total. The molecule has 2 fully saturated rings. The van der Waals surface area contributed by atoms with Crippen LogP contribution in [0.1, 0.15) is 44.1 Å². The van der Waals surface area contributed by atoms with Crippen LogP contribution in [0.15, 0.2) is 18.2 Å². The summed E-state index contributed by atoms with van der Waals surface area (Å²) in [6.07, 6.45) is 9.06. The molecular formula is C19H29NO3. The van der Waals surface area contributed by atoms with Gasteiger partial charge in [-0.25, -0.2) is 0 Å². The number of hydrogen-bond acceptors (Lipinski definition) is 4. The Hall–Kier alpha value is -1.26. The van der Waals surface area contributed by atoms with Crippen LogP contribution in [0, 0.1) is 0 Å². The summed E-state index contributed by atoms with van der Waals surface area (Å²) < 4.78 is 11.4. The molecule has 0 unspecified atom stereocenters. The van der Waals surface area contributed by atoms with Crippen molar-refractivity contribution in [2.45, 2.75) is 57.1 Å². The Morgan fingerprint density at radius 3 is 2.70 bits per heavy atom. The summed E-state index contributed by atoms with van der Waals surface area (Å²) >= 11 is 0. The van der Waals surface area contributed by atoms with E-state index in [1.807, 2.05) is 12.1 Å². The molecule has 1 heterocycles. The van der Waals surface area contributed by atoms with Gasteiger partial charge in [0.2, 0.25) is 0 Å². The van der Waals surface area contributed by atoms with E-state index in [0.29, 0.717) is 17.9 Å². The number of benzene rings is 1. The molecule has 23 heavy (non-hydrogen) atoms. The Labute approximate surface area is 139 Å². The van der Waals surface area contributed by atoms with E-state index in [0.717, 1.165) is 18.6 Å². The summed E-state index contributed by atoms with van der Waals surface area (Å²) in [7, 11) is 1.58. The fraction of sp³-hybridized carbons (Fsp3) is 0.684. The average molecular weight is 319 g/mol. The number of nitrogens with zero attached hydrogens (tertiary/aromatic N) is 1. The summed E-state index contributed by atoms with van der Waals surface area (Å²) in [5.74, 6) is 0.730. The highest BCUT2D eigenvalue weighted by Gasteiger charge is 2.31. The first-order valence-corrected chi connectivity index (χ1v) is 8.99. The summed E-state index contributed by atoms with van der Waals surface area (Å²) in [6, 6.07) is 6.17. The molecule has 2 atom stereocenters. The second-order valence-electron chi connectivity index (χ2n) is 6.76.